The first-order valence-electron chi connectivity index (χ1n) is 7.50. The van der Waals surface area contributed by atoms with Crippen molar-refractivity contribution in [1.29, 1.82) is 0 Å². The number of nitrogens with zero attached hydrogens (tertiary/aromatic N) is 2. The van der Waals surface area contributed by atoms with Gasteiger partial charge in [0.15, 0.2) is 9.84 Å². The monoisotopic (exact) mass is 331 g/mol. The summed E-state index contributed by atoms with van der Waals surface area (Å²) in [5.41, 5.74) is 1.93. The zero-order valence-electron chi connectivity index (χ0n) is 12.5. The Bertz CT molecular complexity index is 649. The van der Waals surface area contributed by atoms with E-state index in [2.05, 4.69) is 17.3 Å². The Labute approximate surface area is 131 Å². The first-order valence-corrected chi connectivity index (χ1v) is 9.70. The summed E-state index contributed by atoms with van der Waals surface area (Å²) in [6.07, 6.45) is 1.59. The van der Waals surface area contributed by atoms with Crippen LogP contribution < -0.4 is 5.32 Å². The molecule has 0 radical (unpaired) electrons. The fourth-order valence-corrected chi connectivity index (χ4v) is 5.80. The summed E-state index contributed by atoms with van der Waals surface area (Å²) in [5.74, 6) is 0.894. The van der Waals surface area contributed by atoms with Gasteiger partial charge in [0.2, 0.25) is 0 Å². The van der Waals surface area contributed by atoms with Gasteiger partial charge in [-0.3, -0.25) is 4.68 Å². The maximum atomic E-state index is 11.8. The lowest BCUT2D eigenvalue weighted by Gasteiger charge is -2.47. The second kappa shape index (κ2) is 5.25. The van der Waals surface area contributed by atoms with Crippen molar-refractivity contribution < 1.29 is 8.42 Å². The number of nitrogens with one attached hydrogen (secondary N) is 1. The predicted octanol–water partition coefficient (Wildman–Crippen LogP) is 1.43. The summed E-state index contributed by atoms with van der Waals surface area (Å²) in [5, 5.41) is 8.54. The van der Waals surface area contributed by atoms with Gasteiger partial charge in [0, 0.05) is 25.0 Å². The maximum Gasteiger partial charge on any atom is 0.150 e. The lowest BCUT2D eigenvalue weighted by atomic mass is 9.67. The summed E-state index contributed by atoms with van der Waals surface area (Å²) in [6.45, 7) is 6.51. The van der Waals surface area contributed by atoms with Crippen molar-refractivity contribution >= 4 is 21.4 Å². The summed E-state index contributed by atoms with van der Waals surface area (Å²) in [4.78, 5) is 0. The molecule has 2 aliphatic rings. The standard InChI is InChI=1S/C14H22ClN3O2S/c1-3-18-12(13(15)10(2)17-18)6-14(8-16-9-14)11-4-5-21(19,20)7-11/h11,16H,3-9H2,1-2H3. The molecule has 0 amide bonds. The van der Waals surface area contributed by atoms with Crippen LogP contribution in [0, 0.1) is 18.3 Å². The van der Waals surface area contributed by atoms with Gasteiger partial charge in [-0.1, -0.05) is 11.6 Å². The van der Waals surface area contributed by atoms with Crippen LogP contribution in [0.4, 0.5) is 0 Å². The van der Waals surface area contributed by atoms with Gasteiger partial charge >= 0.3 is 0 Å². The molecule has 21 heavy (non-hydrogen) atoms. The van der Waals surface area contributed by atoms with Crippen molar-refractivity contribution in [1.82, 2.24) is 15.1 Å². The van der Waals surface area contributed by atoms with E-state index in [0.717, 1.165) is 48.9 Å². The number of hydrogen-bond donors (Lipinski definition) is 1. The van der Waals surface area contributed by atoms with Gasteiger partial charge in [-0.25, -0.2) is 8.42 Å². The molecule has 3 heterocycles. The number of aryl methyl sites for hydroxylation is 2. The molecule has 0 aliphatic carbocycles. The Morgan fingerprint density at radius 2 is 2.19 bits per heavy atom. The highest BCUT2D eigenvalue weighted by atomic mass is 35.5. The molecule has 2 fully saturated rings. The fraction of sp³-hybridized carbons (Fsp3) is 0.786. The molecular formula is C14H22ClN3O2S. The van der Waals surface area contributed by atoms with Crippen LogP contribution in [0.15, 0.2) is 0 Å². The van der Waals surface area contributed by atoms with Crippen molar-refractivity contribution in [3.05, 3.63) is 16.4 Å². The van der Waals surface area contributed by atoms with Crippen molar-refractivity contribution in [3.8, 4) is 0 Å². The Morgan fingerprint density at radius 3 is 2.67 bits per heavy atom. The van der Waals surface area contributed by atoms with Gasteiger partial charge in [-0.05, 0) is 32.6 Å². The molecule has 1 aromatic heterocycles. The molecule has 0 aromatic carbocycles. The molecule has 118 valence electrons. The Balaban J connectivity index is 1.88. The molecular weight excluding hydrogens is 310 g/mol. The maximum absolute atomic E-state index is 11.8. The molecule has 5 nitrogen and oxygen atoms in total. The zero-order valence-corrected chi connectivity index (χ0v) is 14.1. The third-order valence-corrected chi connectivity index (χ3v) is 7.28. The van der Waals surface area contributed by atoms with Crippen molar-refractivity contribution in [2.75, 3.05) is 24.6 Å². The lowest BCUT2D eigenvalue weighted by Crippen LogP contribution is -2.59. The highest BCUT2D eigenvalue weighted by Crippen LogP contribution is 2.43. The predicted molar refractivity (Wildman–Crippen MR) is 83.4 cm³/mol. The average Bonchev–Trinajstić information content (AvgIpc) is 2.87. The quantitative estimate of drug-likeness (QED) is 0.906. The molecule has 2 saturated heterocycles. The number of rotatable bonds is 4. The molecule has 0 bridgehead atoms. The van der Waals surface area contributed by atoms with Crippen LogP contribution in [0.5, 0.6) is 0 Å². The Kier molecular flexibility index (Phi) is 3.83. The van der Waals surface area contributed by atoms with Crippen molar-refractivity contribution in [2.45, 2.75) is 33.2 Å². The number of aromatic nitrogens is 2. The summed E-state index contributed by atoms with van der Waals surface area (Å²) in [7, 11) is -2.85. The van der Waals surface area contributed by atoms with E-state index in [0.29, 0.717) is 11.5 Å². The van der Waals surface area contributed by atoms with Crippen LogP contribution >= 0.6 is 11.6 Å². The summed E-state index contributed by atoms with van der Waals surface area (Å²) < 4.78 is 25.6. The summed E-state index contributed by atoms with van der Waals surface area (Å²) >= 11 is 6.42. The van der Waals surface area contributed by atoms with E-state index >= 15 is 0 Å². The van der Waals surface area contributed by atoms with Gasteiger partial charge < -0.3 is 5.32 Å². The molecule has 7 heteroatoms. The first-order chi connectivity index (χ1) is 9.87. The Hall–Kier alpha value is -0.590. The second-order valence-electron chi connectivity index (χ2n) is 6.40. The SMILES string of the molecule is CCn1nc(C)c(Cl)c1CC1(C2CCS(=O)(=O)C2)CNC1. The van der Waals surface area contributed by atoms with E-state index in [9.17, 15) is 8.42 Å². The van der Waals surface area contributed by atoms with Gasteiger partial charge in [-0.2, -0.15) is 5.10 Å². The third-order valence-electron chi connectivity index (χ3n) is 5.02. The largest absolute Gasteiger partial charge is 0.315 e. The topological polar surface area (TPSA) is 64.0 Å². The third kappa shape index (κ3) is 2.62. The minimum absolute atomic E-state index is 0.0204. The molecule has 0 spiro atoms. The van der Waals surface area contributed by atoms with Crippen LogP contribution in [-0.4, -0.2) is 42.8 Å². The summed E-state index contributed by atoms with van der Waals surface area (Å²) in [6, 6.07) is 0. The number of hydrogen-bond acceptors (Lipinski definition) is 4. The minimum Gasteiger partial charge on any atom is -0.315 e. The number of sulfone groups is 1. The first kappa shape index (κ1) is 15.3. The highest BCUT2D eigenvalue weighted by molar-refractivity contribution is 7.91. The molecule has 1 atom stereocenters. The smallest absolute Gasteiger partial charge is 0.150 e. The van der Waals surface area contributed by atoms with Crippen molar-refractivity contribution in [3.63, 3.8) is 0 Å². The number of halogens is 1. The molecule has 3 rings (SSSR count). The normalized spacial score (nSPS) is 26.7. The van der Waals surface area contributed by atoms with Crippen LogP contribution in [-0.2, 0) is 22.8 Å². The van der Waals surface area contributed by atoms with Crippen molar-refractivity contribution in [2.24, 2.45) is 11.3 Å². The lowest BCUT2D eigenvalue weighted by molar-refractivity contribution is 0.0897. The van der Waals surface area contributed by atoms with Crippen LogP contribution in [0.3, 0.4) is 0 Å². The second-order valence-corrected chi connectivity index (χ2v) is 9.01. The van der Waals surface area contributed by atoms with Gasteiger partial charge in [-0.15, -0.1) is 0 Å². The van der Waals surface area contributed by atoms with Crippen LogP contribution in [0.1, 0.15) is 24.7 Å². The van der Waals surface area contributed by atoms with E-state index in [1.807, 2.05) is 11.6 Å². The minimum atomic E-state index is -2.85. The zero-order chi connectivity index (χ0) is 15.3. The van der Waals surface area contributed by atoms with E-state index in [4.69, 9.17) is 11.6 Å². The molecule has 1 aromatic rings. The van der Waals surface area contributed by atoms with Gasteiger partial charge in [0.25, 0.3) is 0 Å². The molecule has 0 saturated carbocycles. The average molecular weight is 332 g/mol. The van der Waals surface area contributed by atoms with E-state index in [1.165, 1.54) is 0 Å². The Morgan fingerprint density at radius 1 is 1.48 bits per heavy atom. The van der Waals surface area contributed by atoms with Gasteiger partial charge in [0.05, 0.1) is 27.9 Å². The van der Waals surface area contributed by atoms with E-state index in [1.54, 1.807) is 0 Å². The van der Waals surface area contributed by atoms with E-state index < -0.39 is 9.84 Å². The molecule has 2 aliphatic heterocycles. The fourth-order valence-electron chi connectivity index (χ4n) is 3.65. The highest BCUT2D eigenvalue weighted by Gasteiger charge is 2.49. The van der Waals surface area contributed by atoms with Crippen LogP contribution in [0.2, 0.25) is 5.02 Å². The van der Waals surface area contributed by atoms with E-state index in [-0.39, 0.29) is 11.3 Å². The molecule has 1 N–H and O–H groups in total. The molecule has 1 unspecified atom stereocenters. The van der Waals surface area contributed by atoms with Gasteiger partial charge in [0.1, 0.15) is 0 Å². The van der Waals surface area contributed by atoms with Crippen LogP contribution in [0.25, 0.3) is 0 Å².